The molecule has 3 rings (SSSR count). The fraction of sp³-hybridized carbons (Fsp3) is 0.174. The van der Waals surface area contributed by atoms with E-state index in [4.69, 9.17) is 4.74 Å². The van der Waals surface area contributed by atoms with E-state index in [9.17, 15) is 17.6 Å². The summed E-state index contributed by atoms with van der Waals surface area (Å²) in [6.07, 6.45) is 0.615. The van der Waals surface area contributed by atoms with Gasteiger partial charge < -0.3 is 9.64 Å². The molecule has 162 valence electrons. The van der Waals surface area contributed by atoms with Crippen molar-refractivity contribution < 1.29 is 22.3 Å². The fourth-order valence-corrected chi connectivity index (χ4v) is 3.99. The minimum atomic E-state index is -4.05. The molecular weight excluding hydrogens is 419 g/mol. The summed E-state index contributed by atoms with van der Waals surface area (Å²) in [4.78, 5) is 14.1. The molecule has 0 bridgehead atoms. The number of halogens is 1. The third-order valence-corrected chi connectivity index (χ3v) is 5.87. The molecule has 0 aliphatic rings. The third-order valence-electron chi connectivity index (χ3n) is 4.51. The van der Waals surface area contributed by atoms with Crippen molar-refractivity contribution in [1.29, 1.82) is 0 Å². The molecule has 0 heterocycles. The Morgan fingerprint density at radius 2 is 1.71 bits per heavy atom. The zero-order valence-corrected chi connectivity index (χ0v) is 17.8. The molecule has 8 heteroatoms. The minimum Gasteiger partial charge on any atom is -0.494 e. The first-order chi connectivity index (χ1) is 14.9. The van der Waals surface area contributed by atoms with E-state index in [2.05, 4.69) is 4.72 Å². The smallest absolute Gasteiger partial charge is 0.262 e. The molecule has 0 radical (unpaired) electrons. The van der Waals surface area contributed by atoms with Gasteiger partial charge >= 0.3 is 0 Å². The van der Waals surface area contributed by atoms with Crippen molar-refractivity contribution in [3.05, 3.63) is 90.2 Å². The lowest BCUT2D eigenvalue weighted by Gasteiger charge is -2.18. The highest BCUT2D eigenvalue weighted by molar-refractivity contribution is 7.92. The van der Waals surface area contributed by atoms with E-state index in [0.29, 0.717) is 19.6 Å². The van der Waals surface area contributed by atoms with Gasteiger partial charge in [-0.25, -0.2) is 12.8 Å². The summed E-state index contributed by atoms with van der Waals surface area (Å²) in [6.45, 7) is 0.888. The summed E-state index contributed by atoms with van der Waals surface area (Å²) in [5, 5.41) is 0. The van der Waals surface area contributed by atoms with Crippen LogP contribution in [0.1, 0.15) is 16.8 Å². The van der Waals surface area contributed by atoms with Crippen molar-refractivity contribution in [2.45, 2.75) is 11.3 Å². The second-order valence-electron chi connectivity index (χ2n) is 6.85. The minimum absolute atomic E-state index is 0.123. The maximum absolute atomic E-state index is 13.8. The van der Waals surface area contributed by atoms with Crippen LogP contribution in [0.5, 0.6) is 5.75 Å². The topological polar surface area (TPSA) is 75.7 Å². The fourth-order valence-electron chi connectivity index (χ4n) is 2.87. The molecule has 6 nitrogen and oxygen atoms in total. The molecular formula is C23H23FN2O4S. The summed E-state index contributed by atoms with van der Waals surface area (Å²) >= 11 is 0. The quantitative estimate of drug-likeness (QED) is 0.505. The first-order valence-electron chi connectivity index (χ1n) is 9.67. The third kappa shape index (κ3) is 6.05. The number of carbonyl (C=O) groups excluding carboxylic acids is 1. The van der Waals surface area contributed by atoms with E-state index in [1.165, 1.54) is 41.3 Å². The van der Waals surface area contributed by atoms with E-state index < -0.39 is 15.8 Å². The summed E-state index contributed by atoms with van der Waals surface area (Å²) in [6, 6.07) is 20.5. The van der Waals surface area contributed by atoms with Crippen molar-refractivity contribution in [3.8, 4) is 5.75 Å². The van der Waals surface area contributed by atoms with Crippen molar-refractivity contribution in [2.24, 2.45) is 0 Å². The number of hydrogen-bond donors (Lipinski definition) is 1. The van der Waals surface area contributed by atoms with Crippen LogP contribution in [0.25, 0.3) is 0 Å². The highest BCUT2D eigenvalue weighted by atomic mass is 32.2. The zero-order valence-electron chi connectivity index (χ0n) is 17.0. The average molecular weight is 443 g/mol. The number of nitrogens with one attached hydrogen (secondary N) is 1. The summed E-state index contributed by atoms with van der Waals surface area (Å²) in [5.74, 6) is -0.241. The van der Waals surface area contributed by atoms with Gasteiger partial charge in [0.25, 0.3) is 15.9 Å². The lowest BCUT2D eigenvalue weighted by atomic mass is 10.2. The van der Waals surface area contributed by atoms with Crippen LogP contribution >= 0.6 is 0 Å². The van der Waals surface area contributed by atoms with Crippen LogP contribution in [0.3, 0.4) is 0 Å². The second kappa shape index (κ2) is 10.1. The van der Waals surface area contributed by atoms with Gasteiger partial charge in [0.05, 0.1) is 17.2 Å². The lowest BCUT2D eigenvalue weighted by Crippen LogP contribution is -2.29. The van der Waals surface area contributed by atoms with Gasteiger partial charge in [0.15, 0.2) is 0 Å². The van der Waals surface area contributed by atoms with Gasteiger partial charge in [-0.1, -0.05) is 36.4 Å². The van der Waals surface area contributed by atoms with Crippen LogP contribution < -0.4 is 9.46 Å². The van der Waals surface area contributed by atoms with Crippen LogP contribution in [0.15, 0.2) is 83.8 Å². The lowest BCUT2D eigenvalue weighted by molar-refractivity contribution is 0.0787. The Kier molecular flexibility index (Phi) is 7.25. The number of para-hydroxylation sites is 2. The van der Waals surface area contributed by atoms with Crippen LogP contribution in [0.4, 0.5) is 10.1 Å². The number of amides is 1. The standard InChI is InChI=1S/C23H23FN2O4S/c1-26(15-8-16-30-19-10-3-2-4-11-19)23(27)18-9-7-12-20(17-18)31(28,29)25-22-14-6-5-13-21(22)24/h2-7,9-14,17,25H,8,15-16H2,1H3. The second-order valence-corrected chi connectivity index (χ2v) is 8.54. The van der Waals surface area contributed by atoms with Gasteiger partial charge in [-0.3, -0.25) is 9.52 Å². The van der Waals surface area contributed by atoms with Crippen LogP contribution in [-0.2, 0) is 10.0 Å². The number of nitrogens with zero attached hydrogens (tertiary/aromatic N) is 1. The zero-order chi connectivity index (χ0) is 22.3. The predicted octanol–water partition coefficient (Wildman–Crippen LogP) is 4.17. The molecule has 0 spiro atoms. The Labute approximate surface area is 181 Å². The molecule has 1 amide bonds. The average Bonchev–Trinajstić information content (AvgIpc) is 2.78. The Balaban J connectivity index is 1.61. The Bertz CT molecular complexity index is 1140. The number of rotatable bonds is 9. The molecule has 3 aromatic carbocycles. The maximum atomic E-state index is 13.8. The largest absolute Gasteiger partial charge is 0.494 e. The van der Waals surface area contributed by atoms with E-state index in [1.54, 1.807) is 13.1 Å². The molecule has 0 aromatic heterocycles. The van der Waals surface area contributed by atoms with Gasteiger partial charge in [-0.15, -0.1) is 0 Å². The Hall–Kier alpha value is -3.39. The van der Waals surface area contributed by atoms with Gasteiger partial charge in [-0.2, -0.15) is 0 Å². The van der Waals surface area contributed by atoms with Crippen molar-refractivity contribution in [2.75, 3.05) is 24.9 Å². The van der Waals surface area contributed by atoms with Gasteiger partial charge in [0.1, 0.15) is 11.6 Å². The number of ether oxygens (including phenoxy) is 1. The molecule has 0 aliphatic heterocycles. The monoisotopic (exact) mass is 442 g/mol. The molecule has 1 N–H and O–H groups in total. The SMILES string of the molecule is CN(CCCOc1ccccc1)C(=O)c1cccc(S(=O)(=O)Nc2ccccc2F)c1. The maximum Gasteiger partial charge on any atom is 0.262 e. The molecule has 0 unspecified atom stereocenters. The van der Waals surface area contributed by atoms with Crippen LogP contribution in [-0.4, -0.2) is 39.4 Å². The molecule has 0 atom stereocenters. The molecule has 0 saturated heterocycles. The van der Waals surface area contributed by atoms with Crippen LogP contribution in [0, 0.1) is 5.82 Å². The highest BCUT2D eigenvalue weighted by Crippen LogP contribution is 2.20. The first-order valence-corrected chi connectivity index (χ1v) is 11.2. The summed E-state index contributed by atoms with van der Waals surface area (Å²) in [5.41, 5.74) is 0.0673. The normalized spacial score (nSPS) is 11.0. The van der Waals surface area contributed by atoms with E-state index >= 15 is 0 Å². The Morgan fingerprint density at radius 1 is 1.00 bits per heavy atom. The number of anilines is 1. The number of benzene rings is 3. The van der Waals surface area contributed by atoms with E-state index in [-0.39, 0.29) is 22.1 Å². The molecule has 0 saturated carbocycles. The van der Waals surface area contributed by atoms with Crippen molar-refractivity contribution in [1.82, 2.24) is 4.90 Å². The molecule has 0 fully saturated rings. The van der Waals surface area contributed by atoms with Gasteiger partial charge in [0.2, 0.25) is 0 Å². The molecule has 3 aromatic rings. The summed E-state index contributed by atoms with van der Waals surface area (Å²) < 4.78 is 46.9. The summed E-state index contributed by atoms with van der Waals surface area (Å²) in [7, 11) is -2.41. The number of carbonyl (C=O) groups is 1. The molecule has 0 aliphatic carbocycles. The highest BCUT2D eigenvalue weighted by Gasteiger charge is 2.19. The van der Waals surface area contributed by atoms with Gasteiger partial charge in [0, 0.05) is 19.2 Å². The number of sulfonamides is 1. The van der Waals surface area contributed by atoms with Gasteiger partial charge in [-0.05, 0) is 48.9 Å². The number of hydrogen-bond acceptors (Lipinski definition) is 4. The van der Waals surface area contributed by atoms with Crippen LogP contribution in [0.2, 0.25) is 0 Å². The first kappa shape index (κ1) is 22.3. The van der Waals surface area contributed by atoms with Crippen molar-refractivity contribution >= 4 is 21.6 Å². The van der Waals surface area contributed by atoms with Crippen molar-refractivity contribution in [3.63, 3.8) is 0 Å². The molecule has 31 heavy (non-hydrogen) atoms. The van der Waals surface area contributed by atoms with E-state index in [0.717, 1.165) is 11.8 Å². The Morgan fingerprint density at radius 3 is 2.45 bits per heavy atom. The predicted molar refractivity (Wildman–Crippen MR) is 117 cm³/mol. The van der Waals surface area contributed by atoms with E-state index in [1.807, 2.05) is 30.3 Å².